The number of carbonyl (C=O) groups excluding carboxylic acids is 1. The van der Waals surface area contributed by atoms with E-state index < -0.39 is 18.6 Å². The van der Waals surface area contributed by atoms with E-state index in [2.05, 4.69) is 11.6 Å². The quantitative estimate of drug-likeness (QED) is 0.467. The Kier molecular flexibility index (Phi) is 6.12. The molecule has 1 aromatic carbocycles. The molecule has 25 heavy (non-hydrogen) atoms. The van der Waals surface area contributed by atoms with E-state index in [1.807, 2.05) is 0 Å². The number of carbonyl (C=O) groups is 1. The molecule has 1 amide bonds. The summed E-state index contributed by atoms with van der Waals surface area (Å²) in [6, 6.07) is 4.61. The van der Waals surface area contributed by atoms with Gasteiger partial charge in [0.2, 0.25) is 5.91 Å². The number of rotatable bonds is 6. The molecular formula is C15H13ClF3N3O2S. The number of hydrogen-bond acceptors (Lipinski definition) is 4. The van der Waals surface area contributed by atoms with Crippen molar-refractivity contribution in [3.05, 3.63) is 46.2 Å². The maximum atomic E-state index is 12.5. The predicted molar refractivity (Wildman–Crippen MR) is 91.0 cm³/mol. The summed E-state index contributed by atoms with van der Waals surface area (Å²) in [7, 11) is 0. The summed E-state index contributed by atoms with van der Waals surface area (Å²) < 4.78 is 37.6. The van der Waals surface area contributed by atoms with Crippen molar-refractivity contribution in [1.29, 1.82) is 0 Å². The molecule has 0 atom stereocenters. The van der Waals surface area contributed by atoms with Crippen LogP contribution in [-0.2, 0) is 11.3 Å². The van der Waals surface area contributed by atoms with Crippen LogP contribution in [0.5, 0.6) is 0 Å². The van der Waals surface area contributed by atoms with E-state index in [0.29, 0.717) is 15.9 Å². The Morgan fingerprint density at radius 3 is 2.80 bits per heavy atom. The van der Waals surface area contributed by atoms with Gasteiger partial charge in [-0.05, 0) is 18.2 Å². The van der Waals surface area contributed by atoms with Crippen molar-refractivity contribution in [3.63, 3.8) is 0 Å². The number of fused-ring (bicyclic) bond motifs is 1. The Morgan fingerprint density at radius 1 is 1.44 bits per heavy atom. The molecule has 0 radical (unpaired) electrons. The Morgan fingerprint density at radius 2 is 2.16 bits per heavy atom. The summed E-state index contributed by atoms with van der Waals surface area (Å²) >= 11 is 6.76. The number of alkyl halides is 3. The molecule has 0 bridgehead atoms. The maximum absolute atomic E-state index is 12.5. The van der Waals surface area contributed by atoms with Crippen LogP contribution in [0.1, 0.15) is 0 Å². The largest absolute Gasteiger partial charge is 0.405 e. The Bertz CT molecular complexity index is 867. The average molecular weight is 392 g/mol. The van der Waals surface area contributed by atoms with Crippen LogP contribution in [0.2, 0.25) is 5.02 Å². The zero-order valence-electron chi connectivity index (χ0n) is 12.8. The maximum Gasteiger partial charge on any atom is 0.405 e. The number of aromatic nitrogens is 2. The lowest BCUT2D eigenvalue weighted by atomic mass is 10.2. The van der Waals surface area contributed by atoms with E-state index in [1.54, 1.807) is 17.4 Å². The number of allylic oxidation sites excluding steroid dienone is 1. The van der Waals surface area contributed by atoms with Crippen LogP contribution in [-0.4, -0.2) is 33.9 Å². The first kappa shape index (κ1) is 19.3. The number of hydrogen-bond donors (Lipinski definition) is 1. The topological polar surface area (TPSA) is 64.0 Å². The monoisotopic (exact) mass is 391 g/mol. The molecule has 0 saturated carbocycles. The molecule has 0 saturated heterocycles. The molecule has 5 nitrogen and oxygen atoms in total. The van der Waals surface area contributed by atoms with Gasteiger partial charge in [-0.2, -0.15) is 13.2 Å². The standard InChI is InChI=1S/C15H13ClF3N3O2S/c1-2-5-22-13(24)10-6-9(16)3-4-11(10)21-14(22)25-7-12(23)20-8-15(17,18)19/h2-4,6H,1,5,7-8H2,(H,20,23). The average Bonchev–Trinajstić information content (AvgIpc) is 2.54. The van der Waals surface area contributed by atoms with Crippen LogP contribution < -0.4 is 10.9 Å². The smallest absolute Gasteiger partial charge is 0.346 e. The normalized spacial score (nSPS) is 11.5. The van der Waals surface area contributed by atoms with Crippen molar-refractivity contribution in [2.45, 2.75) is 17.9 Å². The molecular weight excluding hydrogens is 379 g/mol. The third kappa shape index (κ3) is 5.23. The molecule has 134 valence electrons. The fourth-order valence-electron chi connectivity index (χ4n) is 1.95. The summed E-state index contributed by atoms with van der Waals surface area (Å²) in [5.41, 5.74) is 0.0125. The van der Waals surface area contributed by atoms with Crippen molar-refractivity contribution < 1.29 is 18.0 Å². The molecule has 0 aliphatic carbocycles. The van der Waals surface area contributed by atoms with Crippen molar-refractivity contribution >= 4 is 40.2 Å². The second kappa shape index (κ2) is 7.92. The number of benzene rings is 1. The van der Waals surface area contributed by atoms with Gasteiger partial charge in [-0.3, -0.25) is 14.2 Å². The van der Waals surface area contributed by atoms with Gasteiger partial charge >= 0.3 is 6.18 Å². The molecule has 1 N–H and O–H groups in total. The van der Waals surface area contributed by atoms with Crippen LogP contribution in [0, 0.1) is 0 Å². The minimum absolute atomic E-state index is 0.140. The van der Waals surface area contributed by atoms with Crippen molar-refractivity contribution in [1.82, 2.24) is 14.9 Å². The fraction of sp³-hybridized carbons (Fsp3) is 0.267. The van der Waals surface area contributed by atoms with Crippen LogP contribution in [0.4, 0.5) is 13.2 Å². The lowest BCUT2D eigenvalue weighted by Gasteiger charge is -2.12. The lowest BCUT2D eigenvalue weighted by Crippen LogP contribution is -2.35. The molecule has 0 spiro atoms. The molecule has 1 heterocycles. The van der Waals surface area contributed by atoms with E-state index >= 15 is 0 Å². The molecule has 1 aromatic heterocycles. The highest BCUT2D eigenvalue weighted by Crippen LogP contribution is 2.20. The van der Waals surface area contributed by atoms with Gasteiger partial charge in [-0.25, -0.2) is 4.98 Å². The third-order valence-electron chi connectivity index (χ3n) is 3.01. The van der Waals surface area contributed by atoms with E-state index in [4.69, 9.17) is 11.6 Å². The van der Waals surface area contributed by atoms with Gasteiger partial charge < -0.3 is 5.32 Å². The van der Waals surface area contributed by atoms with Crippen LogP contribution in [0.15, 0.2) is 40.8 Å². The first-order valence-corrected chi connectivity index (χ1v) is 8.35. The second-order valence-corrected chi connectivity index (χ2v) is 6.32. The molecule has 2 rings (SSSR count). The third-order valence-corrected chi connectivity index (χ3v) is 4.22. The van der Waals surface area contributed by atoms with Gasteiger partial charge in [-0.1, -0.05) is 29.4 Å². The predicted octanol–water partition coefficient (Wildman–Crippen LogP) is 3.01. The number of thioether (sulfide) groups is 1. The summed E-state index contributed by atoms with van der Waals surface area (Å²) in [4.78, 5) is 28.4. The zero-order valence-corrected chi connectivity index (χ0v) is 14.3. The van der Waals surface area contributed by atoms with E-state index in [1.165, 1.54) is 16.7 Å². The van der Waals surface area contributed by atoms with Gasteiger partial charge in [0.1, 0.15) is 6.54 Å². The number of halogens is 4. The van der Waals surface area contributed by atoms with Crippen LogP contribution in [0.25, 0.3) is 10.9 Å². The first-order chi connectivity index (χ1) is 11.7. The fourth-order valence-corrected chi connectivity index (χ4v) is 2.96. The highest BCUT2D eigenvalue weighted by molar-refractivity contribution is 7.99. The molecule has 0 fully saturated rings. The SMILES string of the molecule is C=CCn1c(SCC(=O)NCC(F)(F)F)nc2ccc(Cl)cc2c1=O. The summed E-state index contributed by atoms with van der Waals surface area (Å²) in [6.07, 6.45) is -3.00. The molecule has 0 unspecified atom stereocenters. The van der Waals surface area contributed by atoms with Gasteiger partial charge in [0, 0.05) is 11.6 Å². The summed E-state index contributed by atoms with van der Waals surface area (Å²) in [5, 5.41) is 2.66. The minimum atomic E-state index is -4.48. The van der Waals surface area contributed by atoms with Gasteiger partial charge in [0.15, 0.2) is 5.16 Å². The molecule has 0 aliphatic heterocycles. The summed E-state index contributed by atoms with van der Waals surface area (Å²) in [6.45, 7) is 2.29. The minimum Gasteiger partial charge on any atom is -0.346 e. The van der Waals surface area contributed by atoms with E-state index in [9.17, 15) is 22.8 Å². The summed E-state index contributed by atoms with van der Waals surface area (Å²) in [5.74, 6) is -1.11. The van der Waals surface area contributed by atoms with Gasteiger partial charge in [0.05, 0.1) is 16.7 Å². The molecule has 2 aromatic rings. The van der Waals surface area contributed by atoms with Crippen molar-refractivity contribution in [3.8, 4) is 0 Å². The Balaban J connectivity index is 2.26. The zero-order chi connectivity index (χ0) is 18.6. The lowest BCUT2D eigenvalue weighted by molar-refractivity contribution is -0.136. The number of nitrogens with one attached hydrogen (secondary N) is 1. The number of amides is 1. The number of nitrogens with zero attached hydrogens (tertiary/aromatic N) is 2. The highest BCUT2D eigenvalue weighted by Gasteiger charge is 2.27. The second-order valence-electron chi connectivity index (χ2n) is 4.94. The molecule has 10 heteroatoms. The van der Waals surface area contributed by atoms with Crippen molar-refractivity contribution in [2.24, 2.45) is 0 Å². The first-order valence-electron chi connectivity index (χ1n) is 6.98. The molecule has 0 aliphatic rings. The Hall–Kier alpha value is -2.00. The van der Waals surface area contributed by atoms with Gasteiger partial charge in [-0.15, -0.1) is 6.58 Å². The van der Waals surface area contributed by atoms with Gasteiger partial charge in [0.25, 0.3) is 5.56 Å². The van der Waals surface area contributed by atoms with Crippen LogP contribution in [0.3, 0.4) is 0 Å². The van der Waals surface area contributed by atoms with E-state index in [0.717, 1.165) is 11.8 Å². The van der Waals surface area contributed by atoms with Crippen molar-refractivity contribution in [2.75, 3.05) is 12.3 Å². The highest BCUT2D eigenvalue weighted by atomic mass is 35.5. The van der Waals surface area contributed by atoms with Crippen LogP contribution >= 0.6 is 23.4 Å². The van der Waals surface area contributed by atoms with E-state index in [-0.39, 0.29) is 23.0 Å². The Labute approximate surface area is 149 Å².